The third kappa shape index (κ3) is 2.68. The van der Waals surface area contributed by atoms with Gasteiger partial charge in [-0.05, 0) is 30.0 Å². The van der Waals surface area contributed by atoms with Gasteiger partial charge in [-0.1, -0.05) is 57.0 Å². The van der Waals surface area contributed by atoms with Crippen molar-refractivity contribution in [3.05, 3.63) is 76.5 Å². The van der Waals surface area contributed by atoms with Crippen LogP contribution in [0.1, 0.15) is 58.7 Å². The van der Waals surface area contributed by atoms with Gasteiger partial charge >= 0.3 is 0 Å². The number of rotatable bonds is 2. The summed E-state index contributed by atoms with van der Waals surface area (Å²) in [5.41, 5.74) is 8.97. The van der Waals surface area contributed by atoms with Gasteiger partial charge in [0.15, 0.2) is 12.0 Å². The Labute approximate surface area is 202 Å². The van der Waals surface area contributed by atoms with E-state index in [0.29, 0.717) is 24.2 Å². The second kappa shape index (κ2) is 7.35. The molecule has 6 rings (SSSR count). The second-order valence-corrected chi connectivity index (χ2v) is 9.83. The van der Waals surface area contributed by atoms with Crippen molar-refractivity contribution in [3.63, 3.8) is 0 Å². The van der Waals surface area contributed by atoms with E-state index in [0.717, 1.165) is 22.4 Å². The Balaban J connectivity index is 1.72. The van der Waals surface area contributed by atoms with Crippen molar-refractivity contribution in [1.29, 1.82) is 0 Å². The number of hydrogen-bond acceptors (Lipinski definition) is 8. The third-order valence-electron chi connectivity index (χ3n) is 7.04. The van der Waals surface area contributed by atoms with E-state index < -0.39 is 23.7 Å². The first-order chi connectivity index (χ1) is 16.4. The SMILES string of the molecule is CC(C)[C@@H]1NC(=O)[C@@H](N)Cc2ccc3c(c2)C2(c4ccccc4N(S)C2O3)c2oc1nc2C=O. The maximum absolute atomic E-state index is 12.9. The quantitative estimate of drug-likeness (QED) is 0.385. The van der Waals surface area contributed by atoms with Gasteiger partial charge in [0.1, 0.15) is 22.9 Å². The summed E-state index contributed by atoms with van der Waals surface area (Å²) < 4.78 is 14.6. The summed E-state index contributed by atoms with van der Waals surface area (Å²) in [4.78, 5) is 29.8. The van der Waals surface area contributed by atoms with Crippen LogP contribution in [0.25, 0.3) is 0 Å². The summed E-state index contributed by atoms with van der Waals surface area (Å²) in [7, 11) is 0. The Bertz CT molecular complexity index is 1340. The Morgan fingerprint density at radius 1 is 1.26 bits per heavy atom. The summed E-state index contributed by atoms with van der Waals surface area (Å²) in [6, 6.07) is 12.3. The van der Waals surface area contributed by atoms with E-state index in [1.807, 2.05) is 56.3 Å². The number of nitrogens with zero attached hydrogens (tertiary/aromatic N) is 2. The molecule has 2 unspecified atom stereocenters. The van der Waals surface area contributed by atoms with Crippen LogP contribution in [-0.4, -0.2) is 29.4 Å². The van der Waals surface area contributed by atoms with Crippen molar-refractivity contribution >= 4 is 30.7 Å². The molecule has 2 aromatic carbocycles. The molecule has 0 aliphatic carbocycles. The number of carbonyl (C=O) groups is 2. The number of anilines is 1. The summed E-state index contributed by atoms with van der Waals surface area (Å²) in [6.07, 6.45) is 0.454. The van der Waals surface area contributed by atoms with Gasteiger partial charge in [-0.3, -0.25) is 13.9 Å². The molecule has 0 saturated heterocycles. The van der Waals surface area contributed by atoms with Crippen molar-refractivity contribution in [2.45, 2.75) is 44.0 Å². The molecular formula is C25H24N4O4S. The average Bonchev–Trinajstić information content (AvgIpc) is 3.46. The highest BCUT2D eigenvalue weighted by Gasteiger charge is 2.63. The standard InChI is InChI=1S/C25H24N4O4S/c1-12(2)20-23-27-17(11-30)21(33-23)25-14-5-3-4-6-18(14)29(34)24(25)32-19-8-7-13(9-15(19)25)10-16(26)22(31)28-20/h3-9,11-12,16,20,24,34H,10,26H2,1-2H3,(H,28,31)/t16-,20-,24?,25?/m0/s1. The lowest BCUT2D eigenvalue weighted by Gasteiger charge is -2.29. The van der Waals surface area contributed by atoms with Crippen LogP contribution < -0.4 is 20.1 Å². The number of ether oxygens (including phenoxy) is 1. The first-order valence-electron chi connectivity index (χ1n) is 11.3. The molecular weight excluding hydrogens is 452 g/mol. The van der Waals surface area contributed by atoms with Gasteiger partial charge in [0.2, 0.25) is 18.0 Å². The molecule has 0 saturated carbocycles. The molecule has 3 aromatic rings. The van der Waals surface area contributed by atoms with E-state index in [1.165, 1.54) is 0 Å². The minimum absolute atomic E-state index is 0.0520. The van der Waals surface area contributed by atoms with Crippen molar-refractivity contribution < 1.29 is 18.7 Å². The normalized spacial score (nSPS) is 26.8. The minimum Gasteiger partial charge on any atom is -0.467 e. The number of amides is 1. The molecule has 4 bridgehead atoms. The molecule has 0 fully saturated rings. The Morgan fingerprint density at radius 3 is 2.82 bits per heavy atom. The number of oxazole rings is 1. The fraction of sp³-hybridized carbons (Fsp3) is 0.320. The molecule has 9 heteroatoms. The predicted octanol–water partition coefficient (Wildman–Crippen LogP) is 2.90. The van der Waals surface area contributed by atoms with Gasteiger partial charge in [0, 0.05) is 11.1 Å². The van der Waals surface area contributed by atoms with Crippen LogP contribution in [-0.2, 0) is 16.6 Å². The number of carbonyl (C=O) groups excluding carboxylic acids is 2. The molecule has 3 aliphatic rings. The Morgan fingerprint density at radius 2 is 2.06 bits per heavy atom. The van der Waals surface area contributed by atoms with E-state index in [1.54, 1.807) is 4.31 Å². The van der Waals surface area contributed by atoms with E-state index in [2.05, 4.69) is 10.3 Å². The average molecular weight is 477 g/mol. The van der Waals surface area contributed by atoms with Crippen LogP contribution in [0.15, 0.2) is 46.9 Å². The first-order valence-corrected chi connectivity index (χ1v) is 11.7. The van der Waals surface area contributed by atoms with Crippen LogP contribution >= 0.6 is 12.8 Å². The zero-order valence-corrected chi connectivity index (χ0v) is 19.6. The minimum atomic E-state index is -0.972. The molecule has 8 nitrogen and oxygen atoms in total. The molecule has 0 radical (unpaired) electrons. The van der Waals surface area contributed by atoms with E-state index in [9.17, 15) is 9.59 Å². The van der Waals surface area contributed by atoms with Gasteiger partial charge in [-0.15, -0.1) is 0 Å². The van der Waals surface area contributed by atoms with Gasteiger partial charge in [0.25, 0.3) is 0 Å². The number of nitrogens with one attached hydrogen (secondary N) is 1. The maximum atomic E-state index is 12.9. The summed E-state index contributed by atoms with van der Waals surface area (Å²) in [6.45, 7) is 3.90. The molecule has 1 aromatic heterocycles. The number of aldehydes is 1. The van der Waals surface area contributed by atoms with Gasteiger partial charge in [0.05, 0.1) is 11.7 Å². The summed E-state index contributed by atoms with van der Waals surface area (Å²) >= 11 is 4.78. The number of fused-ring (bicyclic) bond motifs is 4. The number of aromatic nitrogens is 1. The van der Waals surface area contributed by atoms with Crippen LogP contribution in [0.2, 0.25) is 0 Å². The number of thiol groups is 1. The van der Waals surface area contributed by atoms with Gasteiger partial charge in [-0.25, -0.2) is 4.98 Å². The summed E-state index contributed by atoms with van der Waals surface area (Å²) in [5, 5.41) is 2.98. The number of benzene rings is 2. The fourth-order valence-electron chi connectivity index (χ4n) is 5.42. The smallest absolute Gasteiger partial charge is 0.237 e. The number of hydrogen-bond donors (Lipinski definition) is 3. The van der Waals surface area contributed by atoms with E-state index in [4.69, 9.17) is 27.7 Å². The number of nitrogens with two attached hydrogens (primary N) is 1. The number of para-hydroxylation sites is 1. The molecule has 1 amide bonds. The lowest BCUT2D eigenvalue weighted by molar-refractivity contribution is -0.123. The van der Waals surface area contributed by atoms with Crippen LogP contribution in [0.5, 0.6) is 5.75 Å². The Kier molecular flexibility index (Phi) is 4.59. The third-order valence-corrected chi connectivity index (χ3v) is 7.46. The molecule has 3 aliphatic heterocycles. The second-order valence-electron chi connectivity index (χ2n) is 9.40. The first kappa shape index (κ1) is 21.2. The molecule has 34 heavy (non-hydrogen) atoms. The van der Waals surface area contributed by atoms with Crippen LogP contribution in [0.3, 0.4) is 0 Å². The Hall–Kier alpha value is -3.30. The van der Waals surface area contributed by atoms with Gasteiger partial charge in [-0.2, -0.15) is 0 Å². The zero-order chi connectivity index (χ0) is 23.8. The van der Waals surface area contributed by atoms with E-state index in [-0.39, 0.29) is 23.4 Å². The topological polar surface area (TPSA) is 111 Å². The van der Waals surface area contributed by atoms with Crippen molar-refractivity contribution in [3.8, 4) is 5.75 Å². The largest absolute Gasteiger partial charge is 0.467 e. The van der Waals surface area contributed by atoms with Crippen LogP contribution in [0.4, 0.5) is 5.69 Å². The maximum Gasteiger partial charge on any atom is 0.237 e. The lowest BCUT2D eigenvalue weighted by Crippen LogP contribution is -2.45. The molecule has 4 atom stereocenters. The highest BCUT2D eigenvalue weighted by Crippen LogP contribution is 2.60. The van der Waals surface area contributed by atoms with Gasteiger partial charge < -0.3 is 20.2 Å². The molecule has 3 N–H and O–H groups in total. The van der Waals surface area contributed by atoms with Crippen LogP contribution in [0, 0.1) is 5.92 Å². The predicted molar refractivity (Wildman–Crippen MR) is 128 cm³/mol. The molecule has 4 heterocycles. The highest BCUT2D eigenvalue weighted by molar-refractivity contribution is 7.81. The lowest BCUT2D eigenvalue weighted by atomic mass is 9.72. The zero-order valence-electron chi connectivity index (χ0n) is 18.7. The fourth-order valence-corrected chi connectivity index (χ4v) is 5.82. The summed E-state index contributed by atoms with van der Waals surface area (Å²) in [5.74, 6) is 0.952. The highest BCUT2D eigenvalue weighted by atomic mass is 32.1. The van der Waals surface area contributed by atoms with Crippen molar-refractivity contribution in [1.82, 2.24) is 10.3 Å². The van der Waals surface area contributed by atoms with Crippen molar-refractivity contribution in [2.75, 3.05) is 4.31 Å². The van der Waals surface area contributed by atoms with Crippen molar-refractivity contribution in [2.24, 2.45) is 11.7 Å². The van der Waals surface area contributed by atoms with E-state index >= 15 is 0 Å². The molecule has 1 spiro atoms. The monoisotopic (exact) mass is 476 g/mol. The molecule has 174 valence electrons.